The molecule has 1 amide bonds. The van der Waals surface area contributed by atoms with Crippen molar-refractivity contribution in [1.29, 1.82) is 0 Å². The summed E-state index contributed by atoms with van der Waals surface area (Å²) in [6.45, 7) is 0. The molecule has 22 heavy (non-hydrogen) atoms. The first-order valence-corrected chi connectivity index (χ1v) is 6.70. The number of nitrogens with one attached hydrogen (secondary N) is 2. The van der Waals surface area contributed by atoms with E-state index in [1.165, 1.54) is 12.1 Å². The summed E-state index contributed by atoms with van der Waals surface area (Å²) in [7, 11) is 0. The molecule has 0 spiro atoms. The van der Waals surface area contributed by atoms with E-state index in [-0.39, 0.29) is 22.3 Å². The SMILES string of the molecule is O=C1NC(=S)N/C1=C/c1ccc(-c2ccccc2C(=O)[O-])o1. The number of carbonyl (C=O) groups is 2. The summed E-state index contributed by atoms with van der Waals surface area (Å²) < 4.78 is 5.58. The number of hydrogen-bond donors (Lipinski definition) is 2. The lowest BCUT2D eigenvalue weighted by atomic mass is 10.1. The van der Waals surface area contributed by atoms with Crippen LogP contribution in [0.4, 0.5) is 0 Å². The van der Waals surface area contributed by atoms with Gasteiger partial charge in [0.25, 0.3) is 5.91 Å². The molecule has 0 saturated carbocycles. The second-order valence-electron chi connectivity index (χ2n) is 4.50. The molecular weight excluding hydrogens is 304 g/mol. The Morgan fingerprint density at radius 1 is 1.18 bits per heavy atom. The summed E-state index contributed by atoms with van der Waals surface area (Å²) in [6, 6.07) is 9.62. The van der Waals surface area contributed by atoms with E-state index in [9.17, 15) is 14.7 Å². The molecule has 0 radical (unpaired) electrons. The van der Waals surface area contributed by atoms with Crippen molar-refractivity contribution in [3.63, 3.8) is 0 Å². The van der Waals surface area contributed by atoms with Crippen LogP contribution in [0.25, 0.3) is 17.4 Å². The van der Waals surface area contributed by atoms with Crippen LogP contribution in [0.5, 0.6) is 0 Å². The predicted octanol–water partition coefficient (Wildman–Crippen LogP) is 0.655. The topological polar surface area (TPSA) is 94.4 Å². The van der Waals surface area contributed by atoms with Gasteiger partial charge in [-0.25, -0.2) is 0 Å². The Balaban J connectivity index is 1.95. The average Bonchev–Trinajstić information content (AvgIpc) is 3.06. The Hall–Kier alpha value is -2.93. The summed E-state index contributed by atoms with van der Waals surface area (Å²) in [5, 5.41) is 16.5. The molecule has 7 heteroatoms. The Kier molecular flexibility index (Phi) is 3.48. The smallest absolute Gasteiger partial charge is 0.274 e. The molecule has 2 heterocycles. The van der Waals surface area contributed by atoms with Crippen molar-refractivity contribution in [1.82, 2.24) is 10.6 Å². The second kappa shape index (κ2) is 5.45. The van der Waals surface area contributed by atoms with Crippen LogP contribution in [-0.4, -0.2) is 17.0 Å². The van der Waals surface area contributed by atoms with Gasteiger partial charge in [0, 0.05) is 17.2 Å². The van der Waals surface area contributed by atoms with E-state index in [2.05, 4.69) is 10.6 Å². The molecular formula is C15H9N2O4S-. The van der Waals surface area contributed by atoms with Crippen molar-refractivity contribution in [2.24, 2.45) is 0 Å². The highest BCUT2D eigenvalue weighted by molar-refractivity contribution is 7.80. The van der Waals surface area contributed by atoms with E-state index in [0.717, 1.165) is 0 Å². The highest BCUT2D eigenvalue weighted by atomic mass is 32.1. The summed E-state index contributed by atoms with van der Waals surface area (Å²) in [6.07, 6.45) is 1.49. The Morgan fingerprint density at radius 3 is 2.64 bits per heavy atom. The number of furan rings is 1. The van der Waals surface area contributed by atoms with Gasteiger partial charge >= 0.3 is 0 Å². The number of carbonyl (C=O) groups excluding carboxylic acids is 2. The number of carboxylic acids is 1. The third kappa shape index (κ3) is 2.61. The van der Waals surface area contributed by atoms with Crippen LogP contribution in [0.15, 0.2) is 46.5 Å². The largest absolute Gasteiger partial charge is 0.545 e. The molecule has 1 saturated heterocycles. The first-order valence-electron chi connectivity index (χ1n) is 6.29. The molecule has 1 aliphatic rings. The van der Waals surface area contributed by atoms with Crippen LogP contribution in [0, 0.1) is 0 Å². The second-order valence-corrected chi connectivity index (χ2v) is 4.91. The van der Waals surface area contributed by atoms with E-state index in [1.807, 2.05) is 0 Å². The minimum atomic E-state index is -1.28. The van der Waals surface area contributed by atoms with Crippen molar-refractivity contribution in [2.75, 3.05) is 0 Å². The van der Waals surface area contributed by atoms with Gasteiger partial charge < -0.3 is 19.6 Å². The first-order chi connectivity index (χ1) is 10.5. The van der Waals surface area contributed by atoms with E-state index < -0.39 is 5.97 Å². The van der Waals surface area contributed by atoms with Crippen molar-refractivity contribution in [2.45, 2.75) is 0 Å². The van der Waals surface area contributed by atoms with Gasteiger partial charge in [-0.1, -0.05) is 24.3 Å². The number of carboxylic acid groups (broad SMARTS) is 1. The molecule has 0 bridgehead atoms. The van der Waals surface area contributed by atoms with Gasteiger partial charge in [-0.15, -0.1) is 0 Å². The van der Waals surface area contributed by atoms with Gasteiger partial charge in [-0.3, -0.25) is 10.1 Å². The molecule has 3 rings (SSSR count). The first kappa shape index (κ1) is 14.0. The third-order valence-corrected chi connectivity index (χ3v) is 3.25. The lowest BCUT2D eigenvalue weighted by Gasteiger charge is -2.07. The Labute approximate surface area is 130 Å². The van der Waals surface area contributed by atoms with Crippen molar-refractivity contribution in [3.8, 4) is 11.3 Å². The number of aromatic carboxylic acids is 1. The van der Waals surface area contributed by atoms with E-state index in [1.54, 1.807) is 30.3 Å². The van der Waals surface area contributed by atoms with Crippen LogP contribution in [0.2, 0.25) is 0 Å². The quantitative estimate of drug-likeness (QED) is 0.638. The molecule has 2 N–H and O–H groups in total. The molecule has 1 aliphatic heterocycles. The number of thiocarbonyl (C=S) groups is 1. The molecule has 110 valence electrons. The zero-order valence-electron chi connectivity index (χ0n) is 11.1. The minimum Gasteiger partial charge on any atom is -0.545 e. The molecule has 1 aromatic carbocycles. The molecule has 0 unspecified atom stereocenters. The molecule has 1 aromatic heterocycles. The fourth-order valence-corrected chi connectivity index (χ4v) is 2.28. The van der Waals surface area contributed by atoms with E-state index in [0.29, 0.717) is 17.1 Å². The highest BCUT2D eigenvalue weighted by Crippen LogP contribution is 2.26. The monoisotopic (exact) mass is 313 g/mol. The Morgan fingerprint density at radius 2 is 1.95 bits per heavy atom. The highest BCUT2D eigenvalue weighted by Gasteiger charge is 2.20. The molecule has 0 aliphatic carbocycles. The fourth-order valence-electron chi connectivity index (χ4n) is 2.08. The van der Waals surface area contributed by atoms with Crippen LogP contribution in [0.1, 0.15) is 16.1 Å². The molecule has 2 aromatic rings. The normalized spacial score (nSPS) is 15.7. The third-order valence-electron chi connectivity index (χ3n) is 3.05. The van der Waals surface area contributed by atoms with Crippen molar-refractivity contribution in [3.05, 3.63) is 53.4 Å². The van der Waals surface area contributed by atoms with E-state index in [4.69, 9.17) is 16.6 Å². The standard InChI is InChI=1S/C15H10N2O4S/c18-13-11(16-15(22)17-13)7-8-5-6-12(21-8)9-3-1-2-4-10(9)14(19)20/h1-7H,(H,19,20)(H2,16,17,18,22)/p-1/b11-7+. The predicted molar refractivity (Wildman–Crippen MR) is 80.3 cm³/mol. The lowest BCUT2D eigenvalue weighted by Crippen LogP contribution is -2.22. The maximum Gasteiger partial charge on any atom is 0.274 e. The van der Waals surface area contributed by atoms with Gasteiger partial charge in [-0.05, 0) is 24.4 Å². The Bertz CT molecular complexity index is 822. The number of hydrogen-bond acceptors (Lipinski definition) is 5. The maximum atomic E-state index is 11.6. The van der Waals surface area contributed by atoms with Crippen LogP contribution in [0.3, 0.4) is 0 Å². The number of benzene rings is 1. The van der Waals surface area contributed by atoms with Crippen LogP contribution < -0.4 is 15.7 Å². The summed E-state index contributed by atoms with van der Waals surface area (Å²) in [5.74, 6) is -0.870. The van der Waals surface area contributed by atoms with Gasteiger partial charge in [0.2, 0.25) is 0 Å². The number of amides is 1. The van der Waals surface area contributed by atoms with E-state index >= 15 is 0 Å². The average molecular weight is 313 g/mol. The van der Waals surface area contributed by atoms with Gasteiger partial charge in [0.1, 0.15) is 17.2 Å². The van der Waals surface area contributed by atoms with Crippen molar-refractivity contribution >= 4 is 35.3 Å². The summed E-state index contributed by atoms with van der Waals surface area (Å²) in [4.78, 5) is 22.7. The van der Waals surface area contributed by atoms with Gasteiger partial charge in [0.15, 0.2) is 5.11 Å². The maximum absolute atomic E-state index is 11.6. The molecule has 0 atom stereocenters. The fraction of sp³-hybridized carbons (Fsp3) is 0. The minimum absolute atomic E-state index is 0.0361. The zero-order chi connectivity index (χ0) is 15.7. The molecule has 6 nitrogen and oxygen atoms in total. The van der Waals surface area contributed by atoms with Gasteiger partial charge in [0.05, 0.1) is 5.97 Å². The molecule has 1 fully saturated rings. The lowest BCUT2D eigenvalue weighted by molar-refractivity contribution is -0.254. The van der Waals surface area contributed by atoms with Crippen LogP contribution >= 0.6 is 12.2 Å². The number of rotatable bonds is 3. The summed E-state index contributed by atoms with van der Waals surface area (Å²) in [5.41, 5.74) is 0.708. The van der Waals surface area contributed by atoms with Crippen molar-refractivity contribution < 1.29 is 19.1 Å². The summed E-state index contributed by atoms with van der Waals surface area (Å²) >= 11 is 4.83. The zero-order valence-corrected chi connectivity index (χ0v) is 11.9. The van der Waals surface area contributed by atoms with Gasteiger partial charge in [-0.2, -0.15) is 0 Å². The van der Waals surface area contributed by atoms with Crippen LogP contribution in [-0.2, 0) is 4.79 Å².